The number of aliphatic hydroxyl groups is 1. The molecule has 0 rings (SSSR count). The lowest BCUT2D eigenvalue weighted by Gasteiger charge is -2.33. The number of ether oxygens (including phenoxy) is 3. The van der Waals surface area contributed by atoms with E-state index in [4.69, 9.17) is 14.2 Å². The van der Waals surface area contributed by atoms with E-state index in [1.165, 1.54) is 0 Å². The molecule has 0 radical (unpaired) electrons. The van der Waals surface area contributed by atoms with E-state index in [0.29, 0.717) is 38.8 Å². The molecule has 10 heteroatoms. The van der Waals surface area contributed by atoms with Crippen LogP contribution in [-0.4, -0.2) is 66.4 Å². The van der Waals surface area contributed by atoms with E-state index in [2.05, 4.69) is 16.0 Å². The van der Waals surface area contributed by atoms with Gasteiger partial charge in [0.1, 0.15) is 16.8 Å². The largest absolute Gasteiger partial charge is 0.444 e. The minimum Gasteiger partial charge on any atom is -0.444 e. The molecule has 200 valence electrons. The van der Waals surface area contributed by atoms with E-state index in [0.717, 1.165) is 0 Å². The van der Waals surface area contributed by atoms with Crippen LogP contribution in [0.1, 0.15) is 88.0 Å². The summed E-state index contributed by atoms with van der Waals surface area (Å²) in [5.74, 6) is 0. The zero-order valence-corrected chi connectivity index (χ0v) is 22.6. The van der Waals surface area contributed by atoms with Crippen LogP contribution in [0, 0.1) is 5.41 Å². The molecule has 0 spiro atoms. The summed E-state index contributed by atoms with van der Waals surface area (Å²) in [7, 11) is 0. The van der Waals surface area contributed by atoms with Crippen LogP contribution in [-0.2, 0) is 14.2 Å². The van der Waals surface area contributed by atoms with E-state index >= 15 is 0 Å². The second kappa shape index (κ2) is 13.6. The van der Waals surface area contributed by atoms with Crippen LogP contribution in [0.5, 0.6) is 0 Å². The van der Waals surface area contributed by atoms with Crippen LogP contribution in [0.25, 0.3) is 0 Å². The fourth-order valence-electron chi connectivity index (χ4n) is 3.03. The van der Waals surface area contributed by atoms with Crippen LogP contribution < -0.4 is 16.0 Å². The molecule has 0 bridgehead atoms. The van der Waals surface area contributed by atoms with Gasteiger partial charge >= 0.3 is 18.3 Å². The van der Waals surface area contributed by atoms with Crippen LogP contribution >= 0.6 is 0 Å². The molecule has 3 amide bonds. The normalized spacial score (nSPS) is 12.5. The topological polar surface area (TPSA) is 135 Å². The lowest BCUT2D eigenvalue weighted by Crippen LogP contribution is -2.43. The van der Waals surface area contributed by atoms with Crippen molar-refractivity contribution in [2.45, 2.75) is 105 Å². The van der Waals surface area contributed by atoms with Gasteiger partial charge in [0.25, 0.3) is 0 Å². The third kappa shape index (κ3) is 17.3. The van der Waals surface area contributed by atoms with Gasteiger partial charge in [0.2, 0.25) is 0 Å². The van der Waals surface area contributed by atoms with Crippen molar-refractivity contribution in [1.82, 2.24) is 16.0 Å². The maximum Gasteiger partial charge on any atom is 0.407 e. The predicted molar refractivity (Wildman–Crippen MR) is 131 cm³/mol. The number of carbonyl (C=O) groups excluding carboxylic acids is 3. The molecular weight excluding hydrogens is 442 g/mol. The number of hydrogen-bond donors (Lipinski definition) is 4. The summed E-state index contributed by atoms with van der Waals surface area (Å²) >= 11 is 0. The summed E-state index contributed by atoms with van der Waals surface area (Å²) in [5, 5.41) is 18.4. The molecule has 0 aliphatic carbocycles. The molecule has 0 aliphatic rings. The zero-order chi connectivity index (χ0) is 26.6. The van der Waals surface area contributed by atoms with Gasteiger partial charge in [-0.2, -0.15) is 0 Å². The molecule has 0 fully saturated rings. The smallest absolute Gasteiger partial charge is 0.407 e. The van der Waals surface area contributed by atoms with Gasteiger partial charge in [0, 0.05) is 25.0 Å². The summed E-state index contributed by atoms with van der Waals surface area (Å²) in [4.78, 5) is 35.9. The Morgan fingerprint density at radius 1 is 0.618 bits per heavy atom. The molecule has 0 saturated carbocycles. The maximum absolute atomic E-state index is 12.2. The van der Waals surface area contributed by atoms with Crippen LogP contribution in [0.2, 0.25) is 0 Å². The fraction of sp³-hybridized carbons (Fsp3) is 0.875. The number of amides is 3. The van der Waals surface area contributed by atoms with Gasteiger partial charge in [-0.25, -0.2) is 14.4 Å². The van der Waals surface area contributed by atoms with Crippen LogP contribution in [0.4, 0.5) is 14.4 Å². The van der Waals surface area contributed by atoms with E-state index in [1.54, 1.807) is 62.3 Å². The van der Waals surface area contributed by atoms with E-state index in [9.17, 15) is 19.5 Å². The Kier molecular flexibility index (Phi) is 12.7. The first-order chi connectivity index (χ1) is 15.4. The maximum atomic E-state index is 12.2. The first kappa shape index (κ1) is 31.8. The lowest BCUT2D eigenvalue weighted by molar-refractivity contribution is 0.0438. The highest BCUT2D eigenvalue weighted by Gasteiger charge is 2.30. The summed E-state index contributed by atoms with van der Waals surface area (Å²) in [5.41, 5.74) is -2.46. The van der Waals surface area contributed by atoms with Crippen molar-refractivity contribution in [3.63, 3.8) is 0 Å². The number of carbonyl (C=O) groups is 3. The quantitative estimate of drug-likeness (QED) is 0.253. The SMILES string of the molecule is CC(C)(C)OC(=O)NCCCC(CO)(CCCNC(=O)OC(C)(C)C)CNC(=O)OC(C)(C)C. The molecule has 0 heterocycles. The number of alkyl carbamates (subject to hydrolysis) is 3. The third-order valence-corrected chi connectivity index (χ3v) is 4.45. The molecule has 4 N–H and O–H groups in total. The summed E-state index contributed by atoms with van der Waals surface area (Å²) < 4.78 is 15.8. The number of nitrogens with one attached hydrogen (secondary N) is 3. The Bertz CT molecular complexity index is 610. The van der Waals surface area contributed by atoms with E-state index in [1.807, 2.05) is 0 Å². The van der Waals surface area contributed by atoms with Gasteiger partial charge < -0.3 is 35.3 Å². The molecule has 0 aromatic rings. The number of rotatable bonds is 11. The van der Waals surface area contributed by atoms with Crippen molar-refractivity contribution < 1.29 is 33.7 Å². The fourth-order valence-corrected chi connectivity index (χ4v) is 3.03. The summed E-state index contributed by atoms with van der Waals surface area (Å²) in [6.07, 6.45) is 0.614. The average Bonchev–Trinajstić information content (AvgIpc) is 2.62. The Balaban J connectivity index is 4.91. The minimum atomic E-state index is -0.651. The lowest BCUT2D eigenvalue weighted by atomic mass is 9.79. The van der Waals surface area contributed by atoms with Crippen molar-refractivity contribution in [2.24, 2.45) is 5.41 Å². The Hall–Kier alpha value is -2.23. The molecule has 0 aromatic heterocycles. The van der Waals surface area contributed by atoms with Gasteiger partial charge in [-0.05, 0) is 88.0 Å². The molecule has 0 aliphatic heterocycles. The van der Waals surface area contributed by atoms with Crippen molar-refractivity contribution in [2.75, 3.05) is 26.2 Å². The first-order valence-electron chi connectivity index (χ1n) is 11.9. The highest BCUT2D eigenvalue weighted by atomic mass is 16.6. The van der Waals surface area contributed by atoms with Gasteiger partial charge in [-0.15, -0.1) is 0 Å². The second-order valence-corrected chi connectivity index (χ2v) is 11.6. The highest BCUT2D eigenvalue weighted by Crippen LogP contribution is 2.29. The monoisotopic (exact) mass is 489 g/mol. The predicted octanol–water partition coefficient (Wildman–Crippen LogP) is 4.10. The number of hydrogen-bond acceptors (Lipinski definition) is 7. The Morgan fingerprint density at radius 3 is 1.24 bits per heavy atom. The Labute approximate surface area is 204 Å². The second-order valence-electron chi connectivity index (χ2n) is 11.6. The van der Waals surface area contributed by atoms with Gasteiger partial charge in [-0.3, -0.25) is 0 Å². The van der Waals surface area contributed by atoms with Crippen LogP contribution in [0.3, 0.4) is 0 Å². The molecule has 0 saturated heterocycles. The standard InChI is InChI=1S/C24H47N3O7/c1-21(2,3)32-18(29)25-14-10-12-24(17-28,16-27-20(31)34-23(7,8)9)13-11-15-26-19(30)33-22(4,5)6/h28H,10-17H2,1-9H3,(H,25,29)(H,26,30)(H,27,31). The van der Waals surface area contributed by atoms with Crippen molar-refractivity contribution in [3.8, 4) is 0 Å². The molecule has 0 unspecified atom stereocenters. The number of aliphatic hydroxyl groups excluding tert-OH is 1. The highest BCUT2D eigenvalue weighted by molar-refractivity contribution is 5.68. The summed E-state index contributed by atoms with van der Waals surface area (Å²) in [6, 6.07) is 0. The molecular formula is C24H47N3O7. The van der Waals surface area contributed by atoms with Crippen LogP contribution in [0.15, 0.2) is 0 Å². The zero-order valence-electron chi connectivity index (χ0n) is 22.6. The third-order valence-electron chi connectivity index (χ3n) is 4.45. The van der Waals surface area contributed by atoms with E-state index in [-0.39, 0.29) is 13.2 Å². The van der Waals surface area contributed by atoms with Gasteiger partial charge in [-0.1, -0.05) is 0 Å². The molecule has 10 nitrogen and oxygen atoms in total. The first-order valence-corrected chi connectivity index (χ1v) is 11.9. The van der Waals surface area contributed by atoms with Crippen molar-refractivity contribution in [3.05, 3.63) is 0 Å². The molecule has 0 aromatic carbocycles. The van der Waals surface area contributed by atoms with Gasteiger partial charge in [0.15, 0.2) is 0 Å². The molecule has 34 heavy (non-hydrogen) atoms. The minimum absolute atomic E-state index is 0.179. The van der Waals surface area contributed by atoms with Crippen molar-refractivity contribution in [1.29, 1.82) is 0 Å². The van der Waals surface area contributed by atoms with Gasteiger partial charge in [0.05, 0.1) is 6.61 Å². The Morgan fingerprint density at radius 2 is 0.941 bits per heavy atom. The molecule has 0 atom stereocenters. The van der Waals surface area contributed by atoms with Crippen molar-refractivity contribution >= 4 is 18.3 Å². The van der Waals surface area contributed by atoms with E-state index < -0.39 is 40.5 Å². The average molecular weight is 490 g/mol. The summed E-state index contributed by atoms with van der Waals surface area (Å²) in [6.45, 7) is 16.8.